The fourth-order valence-electron chi connectivity index (χ4n) is 4.41. The predicted octanol–water partition coefficient (Wildman–Crippen LogP) is 4.98. The Labute approximate surface area is 178 Å². The maximum absolute atomic E-state index is 4.73. The van der Waals surface area contributed by atoms with E-state index < -0.39 is 0 Å². The molecular weight excluding hydrogens is 368 g/mol. The third kappa shape index (κ3) is 4.10. The number of piperazine rings is 1. The predicted molar refractivity (Wildman–Crippen MR) is 125 cm³/mol. The number of aromatic nitrogens is 2. The number of benzene rings is 2. The number of nitrogens with zero attached hydrogens (tertiary/aromatic N) is 3. The van der Waals surface area contributed by atoms with E-state index in [0.29, 0.717) is 0 Å². The van der Waals surface area contributed by atoms with Crippen LogP contribution in [-0.4, -0.2) is 47.6 Å². The van der Waals surface area contributed by atoms with Crippen molar-refractivity contribution in [3.05, 3.63) is 84.7 Å². The van der Waals surface area contributed by atoms with Gasteiger partial charge in [0, 0.05) is 55.0 Å². The Morgan fingerprint density at radius 3 is 2.40 bits per heavy atom. The van der Waals surface area contributed by atoms with Crippen molar-refractivity contribution in [2.45, 2.75) is 12.8 Å². The smallest absolute Gasteiger partial charge is 0.128 e. The highest BCUT2D eigenvalue weighted by Crippen LogP contribution is 2.22. The van der Waals surface area contributed by atoms with Gasteiger partial charge in [0.2, 0.25) is 0 Å². The van der Waals surface area contributed by atoms with Gasteiger partial charge in [-0.05, 0) is 48.7 Å². The molecule has 4 nitrogen and oxygen atoms in total. The molecular formula is C26H28N4. The van der Waals surface area contributed by atoms with Gasteiger partial charge in [0.15, 0.2) is 0 Å². The van der Waals surface area contributed by atoms with E-state index in [4.69, 9.17) is 4.98 Å². The highest BCUT2D eigenvalue weighted by molar-refractivity contribution is 5.83. The second-order valence-electron chi connectivity index (χ2n) is 8.06. The van der Waals surface area contributed by atoms with Crippen LogP contribution in [0, 0.1) is 0 Å². The molecule has 1 N–H and O–H groups in total. The maximum atomic E-state index is 4.73. The lowest BCUT2D eigenvalue weighted by Crippen LogP contribution is -2.47. The number of rotatable bonds is 6. The Morgan fingerprint density at radius 1 is 0.800 bits per heavy atom. The second-order valence-corrected chi connectivity index (χ2v) is 8.06. The summed E-state index contributed by atoms with van der Waals surface area (Å²) in [6, 6.07) is 23.4. The van der Waals surface area contributed by atoms with E-state index in [0.717, 1.165) is 45.0 Å². The van der Waals surface area contributed by atoms with Crippen LogP contribution in [0.2, 0.25) is 0 Å². The Morgan fingerprint density at radius 2 is 1.60 bits per heavy atom. The maximum Gasteiger partial charge on any atom is 0.128 e. The average molecular weight is 397 g/mol. The van der Waals surface area contributed by atoms with Crippen molar-refractivity contribution in [2.24, 2.45) is 0 Å². The van der Waals surface area contributed by atoms with Gasteiger partial charge in [-0.25, -0.2) is 4.98 Å². The van der Waals surface area contributed by atoms with E-state index in [-0.39, 0.29) is 0 Å². The summed E-state index contributed by atoms with van der Waals surface area (Å²) < 4.78 is 0. The summed E-state index contributed by atoms with van der Waals surface area (Å²) in [6.07, 6.45) is 6.50. The number of hydrogen-bond acceptors (Lipinski definition) is 3. The van der Waals surface area contributed by atoms with Gasteiger partial charge in [-0.15, -0.1) is 0 Å². The Kier molecular flexibility index (Phi) is 5.49. The number of nitrogens with one attached hydrogen (secondary N) is 1. The van der Waals surface area contributed by atoms with Gasteiger partial charge in [0.1, 0.15) is 5.82 Å². The fourth-order valence-corrected chi connectivity index (χ4v) is 4.41. The fraction of sp³-hybridized carbons (Fsp3) is 0.269. The molecule has 0 radical (unpaired) electrons. The molecule has 4 aromatic rings. The first-order valence-corrected chi connectivity index (χ1v) is 10.9. The molecule has 4 heteroatoms. The second kappa shape index (κ2) is 8.72. The van der Waals surface area contributed by atoms with E-state index in [1.807, 2.05) is 12.3 Å². The summed E-state index contributed by atoms with van der Waals surface area (Å²) in [4.78, 5) is 13.1. The van der Waals surface area contributed by atoms with Crippen molar-refractivity contribution in [3.8, 4) is 11.1 Å². The number of fused-ring (bicyclic) bond motifs is 1. The van der Waals surface area contributed by atoms with Crippen molar-refractivity contribution in [2.75, 3.05) is 37.6 Å². The summed E-state index contributed by atoms with van der Waals surface area (Å²) in [6.45, 7) is 5.47. The lowest BCUT2D eigenvalue weighted by molar-refractivity contribution is 0.254. The first kappa shape index (κ1) is 18.9. The number of aryl methyl sites for hydroxylation is 1. The molecule has 2 aromatic carbocycles. The van der Waals surface area contributed by atoms with Crippen LogP contribution in [0.1, 0.15) is 12.0 Å². The van der Waals surface area contributed by atoms with Crippen LogP contribution in [0.15, 0.2) is 79.1 Å². The number of anilines is 1. The summed E-state index contributed by atoms with van der Waals surface area (Å²) in [5.41, 5.74) is 5.07. The monoisotopic (exact) mass is 396 g/mol. The molecule has 0 unspecified atom stereocenters. The van der Waals surface area contributed by atoms with Crippen LogP contribution in [-0.2, 0) is 6.42 Å². The van der Waals surface area contributed by atoms with Crippen LogP contribution in [0.4, 0.5) is 5.82 Å². The average Bonchev–Trinajstić information content (AvgIpc) is 3.23. The Bertz CT molecular complexity index is 1080. The third-order valence-corrected chi connectivity index (χ3v) is 6.15. The van der Waals surface area contributed by atoms with Crippen LogP contribution in [0.5, 0.6) is 0 Å². The van der Waals surface area contributed by atoms with E-state index in [2.05, 4.69) is 81.6 Å². The Hall–Kier alpha value is -3.11. The van der Waals surface area contributed by atoms with Crippen LogP contribution in [0.3, 0.4) is 0 Å². The minimum absolute atomic E-state index is 1.05. The number of H-pyrrole nitrogens is 1. The van der Waals surface area contributed by atoms with Gasteiger partial charge >= 0.3 is 0 Å². The first-order chi connectivity index (χ1) is 14.9. The zero-order valence-electron chi connectivity index (χ0n) is 17.3. The van der Waals surface area contributed by atoms with E-state index >= 15 is 0 Å². The van der Waals surface area contributed by atoms with Crippen LogP contribution in [0.25, 0.3) is 22.0 Å². The van der Waals surface area contributed by atoms with Gasteiger partial charge < -0.3 is 9.88 Å². The van der Waals surface area contributed by atoms with Gasteiger partial charge in [0.05, 0.1) is 0 Å². The molecule has 2 aromatic heterocycles. The molecule has 152 valence electrons. The number of pyridine rings is 1. The van der Waals surface area contributed by atoms with Crippen molar-refractivity contribution >= 4 is 16.7 Å². The molecule has 0 bridgehead atoms. The highest BCUT2D eigenvalue weighted by atomic mass is 15.3. The zero-order valence-corrected chi connectivity index (χ0v) is 17.3. The summed E-state index contributed by atoms with van der Waals surface area (Å²) in [5, 5.41) is 1.37. The first-order valence-electron chi connectivity index (χ1n) is 10.9. The standard InChI is InChI=1S/C26H28N4/c1-2-7-21(8-3-1)22-12-13-26(28-19-22)30-17-15-29(16-18-30)14-6-9-23-20-27-25-11-5-4-10-24(23)25/h1-5,7-8,10-13,19-20,27H,6,9,14-18H2. The minimum atomic E-state index is 1.05. The summed E-state index contributed by atoms with van der Waals surface area (Å²) in [7, 11) is 0. The van der Waals surface area contributed by atoms with E-state index in [9.17, 15) is 0 Å². The zero-order chi connectivity index (χ0) is 20.2. The molecule has 0 aliphatic carbocycles. The quantitative estimate of drug-likeness (QED) is 0.499. The van der Waals surface area contributed by atoms with E-state index in [1.165, 1.54) is 34.0 Å². The number of para-hydroxylation sites is 1. The number of aromatic amines is 1. The highest BCUT2D eigenvalue weighted by Gasteiger charge is 2.18. The van der Waals surface area contributed by atoms with Crippen LogP contribution >= 0.6 is 0 Å². The molecule has 5 rings (SSSR count). The molecule has 1 fully saturated rings. The lowest BCUT2D eigenvalue weighted by atomic mass is 10.1. The van der Waals surface area contributed by atoms with Gasteiger partial charge in [-0.2, -0.15) is 0 Å². The lowest BCUT2D eigenvalue weighted by Gasteiger charge is -2.35. The van der Waals surface area contributed by atoms with Crippen LogP contribution < -0.4 is 4.90 Å². The Balaban J connectivity index is 1.11. The van der Waals surface area contributed by atoms with Crippen molar-refractivity contribution in [1.29, 1.82) is 0 Å². The van der Waals surface area contributed by atoms with E-state index in [1.54, 1.807) is 0 Å². The van der Waals surface area contributed by atoms with Crippen molar-refractivity contribution < 1.29 is 0 Å². The van der Waals surface area contributed by atoms with Crippen molar-refractivity contribution in [3.63, 3.8) is 0 Å². The topological polar surface area (TPSA) is 35.2 Å². The molecule has 1 aliphatic rings. The SMILES string of the molecule is c1ccc(-c2ccc(N3CCN(CCCc4c[nH]c5ccccc45)CC3)nc2)cc1. The molecule has 30 heavy (non-hydrogen) atoms. The molecule has 1 saturated heterocycles. The number of hydrogen-bond donors (Lipinski definition) is 1. The van der Waals surface area contributed by atoms with Gasteiger partial charge in [0.25, 0.3) is 0 Å². The molecule has 0 atom stereocenters. The molecule has 3 heterocycles. The molecule has 0 amide bonds. The molecule has 0 spiro atoms. The van der Waals surface area contributed by atoms with Crippen molar-refractivity contribution in [1.82, 2.24) is 14.9 Å². The molecule has 1 aliphatic heterocycles. The summed E-state index contributed by atoms with van der Waals surface area (Å²) >= 11 is 0. The summed E-state index contributed by atoms with van der Waals surface area (Å²) in [5.74, 6) is 1.09. The normalized spacial score (nSPS) is 15.0. The third-order valence-electron chi connectivity index (χ3n) is 6.15. The molecule has 0 saturated carbocycles. The van der Waals surface area contributed by atoms with Gasteiger partial charge in [-0.3, -0.25) is 4.90 Å². The largest absolute Gasteiger partial charge is 0.361 e. The van der Waals surface area contributed by atoms with Gasteiger partial charge in [-0.1, -0.05) is 48.5 Å². The minimum Gasteiger partial charge on any atom is -0.361 e.